The van der Waals surface area contributed by atoms with Crippen molar-refractivity contribution in [3.63, 3.8) is 0 Å². The van der Waals surface area contributed by atoms with E-state index in [0.29, 0.717) is 0 Å². The summed E-state index contributed by atoms with van der Waals surface area (Å²) in [6, 6.07) is 11.0. The number of benzene rings is 1. The van der Waals surface area contributed by atoms with Crippen LogP contribution in [0.15, 0.2) is 51.8 Å². The van der Waals surface area contributed by atoms with Crippen molar-refractivity contribution in [2.75, 3.05) is 0 Å². The molecule has 1 aliphatic rings. The Morgan fingerprint density at radius 3 is 1.96 bits per heavy atom. The monoisotopic (exact) mass is 478 g/mol. The van der Waals surface area contributed by atoms with E-state index >= 15 is 0 Å². The third kappa shape index (κ3) is 3.00. The number of aromatic nitrogens is 1. The number of hydrogen-bond acceptors (Lipinski definition) is 0. The molecule has 0 radical (unpaired) electrons. The Bertz CT molecular complexity index is 1180. The summed E-state index contributed by atoms with van der Waals surface area (Å²) in [5.74, 6) is 0. The molecular formula is C20H36Cl2NSiZr. The second kappa shape index (κ2) is 2.81. The van der Waals surface area contributed by atoms with Gasteiger partial charge in [0.2, 0.25) is 0 Å². The number of nitrogens with one attached hydrogen (secondary N) is 1. The molecule has 1 nitrogen and oxygen atoms in total. The number of H-pyrrole nitrogens is 1. The summed E-state index contributed by atoms with van der Waals surface area (Å²) in [5.41, 5.74) is 1.22. The van der Waals surface area contributed by atoms with E-state index in [1.807, 2.05) is 0 Å². The topological polar surface area (TPSA) is 15.8 Å². The number of para-hydroxylation sites is 1. The molecule has 0 saturated carbocycles. The fourth-order valence-corrected chi connectivity index (χ4v) is 22.0. The Labute approximate surface area is 150 Å². The van der Waals surface area contributed by atoms with Gasteiger partial charge in [0.1, 0.15) is 0 Å². The van der Waals surface area contributed by atoms with Gasteiger partial charge in [-0.2, -0.15) is 0 Å². The normalized spacial score (nSPS) is 25.3. The van der Waals surface area contributed by atoms with E-state index in [1.54, 1.807) is 0 Å². The third-order valence-electron chi connectivity index (χ3n) is 7.15. The molecule has 0 atom stereocenters. The Balaban J connectivity index is 0.00000156. The second-order valence-electron chi connectivity index (χ2n) is 20.5. The van der Waals surface area contributed by atoms with Crippen LogP contribution in [0.2, 0.25) is 32.4 Å². The number of halogens is 2. The molecule has 0 bridgehead atoms. The fourth-order valence-electron chi connectivity index (χ4n) is 4.32. The van der Waals surface area contributed by atoms with Crippen molar-refractivity contribution in [3.8, 4) is 0 Å². The van der Waals surface area contributed by atoms with Crippen LogP contribution in [0, 0.1) is 0 Å². The van der Waals surface area contributed by atoms with Gasteiger partial charge in [0.05, 0.1) is 0 Å². The minimum atomic E-state index is -5.71. The van der Waals surface area contributed by atoms with Gasteiger partial charge in [-0.05, 0) is 0 Å². The Morgan fingerprint density at radius 1 is 0.920 bits per heavy atom. The van der Waals surface area contributed by atoms with Crippen LogP contribution in [0.3, 0.4) is 0 Å². The molecule has 0 aliphatic heterocycles. The van der Waals surface area contributed by atoms with Gasteiger partial charge in [0, 0.05) is 0 Å². The predicted octanol–water partition coefficient (Wildman–Crippen LogP) is 6.73. The number of hydrogen-bond donors (Lipinski definition) is 1. The predicted molar refractivity (Wildman–Crippen MR) is 124 cm³/mol. The van der Waals surface area contributed by atoms with Crippen LogP contribution in [0.5, 0.6) is 0 Å². The molecule has 5 heteroatoms. The molecule has 1 aliphatic carbocycles. The molecule has 0 fully saturated rings. The van der Waals surface area contributed by atoms with E-state index < -0.39 is 9.98 Å². The molecule has 1 aromatic heterocycles. The van der Waals surface area contributed by atoms with E-state index in [-0.39, 0.29) is 24.8 Å². The van der Waals surface area contributed by atoms with Gasteiger partial charge >= 0.3 is 127 Å². The molecule has 0 amide bonds. The van der Waals surface area contributed by atoms with Crippen LogP contribution in [-0.2, 0) is 9.98 Å². The summed E-state index contributed by atoms with van der Waals surface area (Å²) >= 11 is 0. The van der Waals surface area contributed by atoms with Crippen molar-refractivity contribution in [2.24, 2.45) is 0 Å². The van der Waals surface area contributed by atoms with E-state index in [1.165, 1.54) is 17.6 Å². The van der Waals surface area contributed by atoms with E-state index in [9.17, 15) is 0 Å². The molecule has 25 heavy (non-hydrogen) atoms. The summed E-state index contributed by atoms with van der Waals surface area (Å²) in [7, 11) is -5.71. The molecule has 0 unspecified atom stereocenters. The summed E-state index contributed by atoms with van der Waals surface area (Å²) in [6.07, 6.45) is 7.90. The molecule has 0 spiro atoms. The van der Waals surface area contributed by atoms with Crippen LogP contribution < -0.4 is 3.40 Å². The molecule has 143 valence electrons. The standard InChI is InChI=1S/C8H6N.C5H5.7CH3.2ClH.H2Si.Zr/c1-2-4-8-7(3-1)5-6-9-8;1-2-4-5-3-1;;;;;;;;;;;/h1-5,9H;1-3H,4H2;7*1H3;2*1H;1H2;. The van der Waals surface area contributed by atoms with E-state index in [4.69, 9.17) is 0 Å². The number of fused-ring (bicyclic) bond motifs is 1. The van der Waals surface area contributed by atoms with Crippen LogP contribution in [0.1, 0.15) is 6.42 Å². The summed E-state index contributed by atoms with van der Waals surface area (Å²) in [4.78, 5) is 3.86. The first kappa shape index (κ1) is 23.0. The maximum absolute atomic E-state index is 5.71. The first-order chi connectivity index (χ1) is 9.49. The van der Waals surface area contributed by atoms with E-state index in [0.717, 1.165) is 6.42 Å². The Hall–Kier alpha value is -0.0800. The van der Waals surface area contributed by atoms with Crippen LogP contribution >= 0.6 is 24.8 Å². The van der Waals surface area contributed by atoms with Gasteiger partial charge in [0.15, 0.2) is 0 Å². The van der Waals surface area contributed by atoms with Gasteiger partial charge in [-0.15, -0.1) is 24.8 Å². The third-order valence-corrected chi connectivity index (χ3v) is 37.5. The summed E-state index contributed by atoms with van der Waals surface area (Å²) in [6.45, 7) is 2.25. The molecule has 2 aromatic rings. The van der Waals surface area contributed by atoms with Crippen LogP contribution in [0.4, 0.5) is 0 Å². The fraction of sp³-hybridized carbons (Fsp3) is 0.400. The quantitative estimate of drug-likeness (QED) is 0.459. The van der Waals surface area contributed by atoms with Crippen molar-refractivity contribution in [2.45, 2.75) is 38.8 Å². The van der Waals surface area contributed by atoms with Crippen molar-refractivity contribution < 1.29 is 9.98 Å². The minimum absolute atomic E-state index is 0. The van der Waals surface area contributed by atoms with Crippen molar-refractivity contribution in [3.05, 3.63) is 51.8 Å². The van der Waals surface area contributed by atoms with E-state index in [2.05, 4.69) is 92.8 Å². The Kier molecular flexibility index (Phi) is 2.58. The SMILES string of the molecule is Cl.Cl.[CH3][Zr]([CH3])([CH3])([CH3])([CH3])([CH3])([CH3])(=[SiH2])([C]1=CC=CC1)[c]1cc2ccccc2[nH]1. The molecule has 1 heterocycles. The first-order valence-corrected chi connectivity index (χ1v) is 34.6. The number of rotatable bonds is 2. The van der Waals surface area contributed by atoms with Crippen molar-refractivity contribution >= 4 is 46.0 Å². The number of allylic oxidation sites excluding steroid dienone is 4. The molecule has 0 saturated heterocycles. The number of aromatic amines is 1. The molecular weight excluding hydrogens is 444 g/mol. The summed E-state index contributed by atoms with van der Waals surface area (Å²) in [5, 5.41) is 1.29. The molecule has 3 rings (SSSR count). The van der Waals surface area contributed by atoms with Gasteiger partial charge in [0.25, 0.3) is 0 Å². The average Bonchev–Trinajstić information content (AvgIpc) is 2.97. The van der Waals surface area contributed by atoms with Gasteiger partial charge in [-0.3, -0.25) is 0 Å². The second-order valence-corrected chi connectivity index (χ2v) is 140. The molecule has 1 N–H and O–H groups in total. The summed E-state index contributed by atoms with van der Waals surface area (Å²) < 4.78 is 20.9. The van der Waals surface area contributed by atoms with Gasteiger partial charge in [-0.25, -0.2) is 0 Å². The van der Waals surface area contributed by atoms with Crippen molar-refractivity contribution in [1.82, 2.24) is 4.98 Å². The van der Waals surface area contributed by atoms with Gasteiger partial charge in [-0.1, -0.05) is 0 Å². The zero-order chi connectivity index (χ0) is 17.7. The van der Waals surface area contributed by atoms with Crippen LogP contribution in [-0.4, -0.2) is 11.9 Å². The molecule has 1 aromatic carbocycles. The van der Waals surface area contributed by atoms with Crippen LogP contribution in [0.25, 0.3) is 10.9 Å². The van der Waals surface area contributed by atoms with Gasteiger partial charge < -0.3 is 0 Å². The Morgan fingerprint density at radius 2 is 1.48 bits per heavy atom. The zero-order valence-corrected chi connectivity index (χ0v) is 22.4. The average molecular weight is 481 g/mol. The van der Waals surface area contributed by atoms with Crippen molar-refractivity contribution in [1.29, 1.82) is 0 Å². The zero-order valence-electron chi connectivity index (χ0n) is 16.8. The first-order valence-electron chi connectivity index (χ1n) is 8.98. The maximum atomic E-state index is 3.86.